The van der Waals surface area contributed by atoms with Crippen LogP contribution in [0.1, 0.15) is 33.1 Å². The molecule has 1 aliphatic rings. The molecule has 0 atom stereocenters. The fourth-order valence-electron chi connectivity index (χ4n) is 1.63. The summed E-state index contributed by atoms with van der Waals surface area (Å²) < 4.78 is 0. The Morgan fingerprint density at radius 2 is 2.07 bits per heavy atom. The van der Waals surface area contributed by atoms with Crippen LogP contribution in [0.25, 0.3) is 0 Å². The molecule has 3 heteroatoms. The summed E-state index contributed by atoms with van der Waals surface area (Å²) in [7, 11) is 0. The van der Waals surface area contributed by atoms with E-state index >= 15 is 0 Å². The summed E-state index contributed by atoms with van der Waals surface area (Å²) >= 11 is 0. The molecule has 0 radical (unpaired) electrons. The molecular formula is C12H23N3. The predicted molar refractivity (Wildman–Crippen MR) is 66.2 cm³/mol. The summed E-state index contributed by atoms with van der Waals surface area (Å²) in [4.78, 5) is 6.93. The molecule has 0 spiro atoms. The standard InChI is InChI=1S/C12H23N3/c1-3-5-7-14-12(6-4-2)15-10-8-13-9-11-15/h6-7,13H,3-5,8-11H2,1-2H3/b12-6+,14-7-. The first kappa shape index (κ1) is 12.2. The van der Waals surface area contributed by atoms with Crippen molar-refractivity contribution in [2.24, 2.45) is 4.99 Å². The summed E-state index contributed by atoms with van der Waals surface area (Å²) in [6, 6.07) is 0. The third-order valence-electron chi connectivity index (χ3n) is 2.47. The van der Waals surface area contributed by atoms with Crippen molar-refractivity contribution < 1.29 is 0 Å². The Labute approximate surface area is 93.3 Å². The van der Waals surface area contributed by atoms with Gasteiger partial charge in [-0.3, -0.25) is 0 Å². The molecule has 0 aromatic carbocycles. The van der Waals surface area contributed by atoms with Gasteiger partial charge >= 0.3 is 0 Å². The van der Waals surface area contributed by atoms with Crippen molar-refractivity contribution in [1.82, 2.24) is 10.2 Å². The fourth-order valence-corrected chi connectivity index (χ4v) is 1.63. The van der Waals surface area contributed by atoms with E-state index in [9.17, 15) is 0 Å². The van der Waals surface area contributed by atoms with Crippen LogP contribution in [0.15, 0.2) is 16.9 Å². The minimum absolute atomic E-state index is 1.06. The first-order chi connectivity index (χ1) is 7.38. The van der Waals surface area contributed by atoms with Gasteiger partial charge in [-0.05, 0) is 18.9 Å². The molecule has 1 N–H and O–H groups in total. The smallest absolute Gasteiger partial charge is 0.124 e. The largest absolute Gasteiger partial charge is 0.354 e. The minimum atomic E-state index is 1.06. The van der Waals surface area contributed by atoms with Gasteiger partial charge < -0.3 is 10.2 Å². The van der Waals surface area contributed by atoms with E-state index in [4.69, 9.17) is 0 Å². The zero-order chi connectivity index (χ0) is 10.9. The van der Waals surface area contributed by atoms with E-state index in [1.807, 2.05) is 6.21 Å². The van der Waals surface area contributed by atoms with Crippen LogP contribution in [-0.4, -0.2) is 37.3 Å². The monoisotopic (exact) mass is 209 g/mol. The van der Waals surface area contributed by atoms with Crippen LogP contribution in [0.2, 0.25) is 0 Å². The molecule has 1 rings (SSSR count). The summed E-state index contributed by atoms with van der Waals surface area (Å²) in [6.07, 6.45) is 7.57. The van der Waals surface area contributed by atoms with Crippen LogP contribution >= 0.6 is 0 Å². The second-order valence-corrected chi connectivity index (χ2v) is 3.81. The highest BCUT2D eigenvalue weighted by atomic mass is 15.2. The van der Waals surface area contributed by atoms with Gasteiger partial charge in [-0.15, -0.1) is 0 Å². The molecule has 0 aromatic rings. The third-order valence-corrected chi connectivity index (χ3v) is 2.47. The van der Waals surface area contributed by atoms with Crippen molar-refractivity contribution in [3.05, 3.63) is 11.9 Å². The van der Waals surface area contributed by atoms with Crippen LogP contribution < -0.4 is 5.32 Å². The molecule has 3 nitrogen and oxygen atoms in total. The average Bonchev–Trinajstić information content (AvgIpc) is 2.29. The second-order valence-electron chi connectivity index (χ2n) is 3.81. The van der Waals surface area contributed by atoms with Crippen LogP contribution in [0.3, 0.4) is 0 Å². The van der Waals surface area contributed by atoms with E-state index in [0.717, 1.165) is 44.8 Å². The first-order valence-corrected chi connectivity index (χ1v) is 6.06. The van der Waals surface area contributed by atoms with Crippen LogP contribution in [0.5, 0.6) is 0 Å². The molecule has 86 valence electrons. The number of nitrogens with zero attached hydrogens (tertiary/aromatic N) is 2. The van der Waals surface area contributed by atoms with Gasteiger partial charge in [-0.1, -0.05) is 20.3 Å². The van der Waals surface area contributed by atoms with Gasteiger partial charge in [0.2, 0.25) is 0 Å². The fraction of sp³-hybridized carbons (Fsp3) is 0.750. The van der Waals surface area contributed by atoms with Gasteiger partial charge in [0.1, 0.15) is 5.82 Å². The van der Waals surface area contributed by atoms with Crippen LogP contribution in [-0.2, 0) is 0 Å². The van der Waals surface area contributed by atoms with Gasteiger partial charge in [0, 0.05) is 32.4 Å². The van der Waals surface area contributed by atoms with Gasteiger partial charge in [0.15, 0.2) is 0 Å². The van der Waals surface area contributed by atoms with E-state index in [1.165, 1.54) is 6.42 Å². The Morgan fingerprint density at radius 1 is 1.33 bits per heavy atom. The molecule has 0 unspecified atom stereocenters. The lowest BCUT2D eigenvalue weighted by Gasteiger charge is -2.29. The molecule has 1 aliphatic heterocycles. The van der Waals surface area contributed by atoms with Crippen LogP contribution in [0, 0.1) is 0 Å². The Hall–Kier alpha value is -0.830. The number of piperazine rings is 1. The number of rotatable bonds is 5. The number of allylic oxidation sites excluding steroid dienone is 1. The summed E-state index contributed by atoms with van der Waals surface area (Å²) in [5.74, 6) is 1.16. The highest BCUT2D eigenvalue weighted by Crippen LogP contribution is 2.08. The Balaban J connectivity index is 2.52. The number of hydrogen-bond donors (Lipinski definition) is 1. The Morgan fingerprint density at radius 3 is 2.67 bits per heavy atom. The molecule has 1 saturated heterocycles. The average molecular weight is 209 g/mol. The molecule has 0 bridgehead atoms. The van der Waals surface area contributed by atoms with Gasteiger partial charge in [0.25, 0.3) is 0 Å². The molecule has 1 fully saturated rings. The Bertz CT molecular complexity index is 215. The number of hydrogen-bond acceptors (Lipinski definition) is 3. The summed E-state index contributed by atoms with van der Waals surface area (Å²) in [5.41, 5.74) is 0. The molecule has 0 saturated carbocycles. The topological polar surface area (TPSA) is 27.6 Å². The number of unbranched alkanes of at least 4 members (excludes halogenated alkanes) is 1. The summed E-state index contributed by atoms with van der Waals surface area (Å²) in [5, 5.41) is 3.36. The maximum atomic E-state index is 4.56. The van der Waals surface area contributed by atoms with Crippen molar-refractivity contribution in [3.8, 4) is 0 Å². The second kappa shape index (κ2) is 7.46. The normalized spacial score (nSPS) is 18.8. The maximum Gasteiger partial charge on any atom is 0.124 e. The molecular weight excluding hydrogens is 186 g/mol. The van der Waals surface area contributed by atoms with Gasteiger partial charge in [0.05, 0.1) is 0 Å². The molecule has 0 amide bonds. The van der Waals surface area contributed by atoms with E-state index < -0.39 is 0 Å². The van der Waals surface area contributed by atoms with E-state index in [2.05, 4.69) is 35.1 Å². The lowest BCUT2D eigenvalue weighted by molar-refractivity contribution is 0.296. The number of nitrogens with one attached hydrogen (secondary N) is 1. The van der Waals surface area contributed by atoms with Gasteiger partial charge in [-0.2, -0.15) is 0 Å². The molecule has 1 heterocycles. The number of aliphatic imine (C=N–C) groups is 1. The third kappa shape index (κ3) is 4.47. The van der Waals surface area contributed by atoms with Crippen LogP contribution in [0.4, 0.5) is 0 Å². The zero-order valence-electron chi connectivity index (χ0n) is 10.00. The quantitative estimate of drug-likeness (QED) is 0.701. The molecule has 0 aromatic heterocycles. The Kier molecular flexibility index (Phi) is 6.09. The van der Waals surface area contributed by atoms with Crippen molar-refractivity contribution in [3.63, 3.8) is 0 Å². The molecule has 15 heavy (non-hydrogen) atoms. The van der Waals surface area contributed by atoms with Crippen molar-refractivity contribution >= 4 is 6.21 Å². The SMILES string of the molecule is CC/C=C(\N=C/CCC)N1CCNCC1. The highest BCUT2D eigenvalue weighted by Gasteiger charge is 2.10. The van der Waals surface area contributed by atoms with E-state index in [1.54, 1.807) is 0 Å². The molecule has 0 aliphatic carbocycles. The van der Waals surface area contributed by atoms with Crippen molar-refractivity contribution in [2.75, 3.05) is 26.2 Å². The van der Waals surface area contributed by atoms with Crippen molar-refractivity contribution in [1.29, 1.82) is 0 Å². The lowest BCUT2D eigenvalue weighted by atomic mass is 10.3. The van der Waals surface area contributed by atoms with E-state index in [-0.39, 0.29) is 0 Å². The maximum absolute atomic E-state index is 4.56. The van der Waals surface area contributed by atoms with Crippen molar-refractivity contribution in [2.45, 2.75) is 33.1 Å². The zero-order valence-corrected chi connectivity index (χ0v) is 10.00. The van der Waals surface area contributed by atoms with E-state index in [0.29, 0.717) is 0 Å². The van der Waals surface area contributed by atoms with Gasteiger partial charge in [-0.25, -0.2) is 4.99 Å². The minimum Gasteiger partial charge on any atom is -0.354 e. The summed E-state index contributed by atoms with van der Waals surface area (Å²) in [6.45, 7) is 8.65. The first-order valence-electron chi connectivity index (χ1n) is 6.06. The predicted octanol–water partition coefficient (Wildman–Crippen LogP) is 2.01. The highest BCUT2D eigenvalue weighted by molar-refractivity contribution is 5.58. The lowest BCUT2D eigenvalue weighted by Crippen LogP contribution is -2.42.